The van der Waals surface area contributed by atoms with Crippen molar-refractivity contribution in [2.45, 2.75) is 12.8 Å². The van der Waals surface area contributed by atoms with E-state index in [0.717, 1.165) is 12.1 Å². The summed E-state index contributed by atoms with van der Waals surface area (Å²) < 4.78 is 44.7. The van der Waals surface area contributed by atoms with Crippen molar-refractivity contribution in [2.75, 3.05) is 5.73 Å². The van der Waals surface area contributed by atoms with E-state index in [1.807, 2.05) is 0 Å². The molecule has 4 aromatic rings. The second-order valence-electron chi connectivity index (χ2n) is 6.57. The van der Waals surface area contributed by atoms with Gasteiger partial charge in [-0.15, -0.1) is 0 Å². The highest BCUT2D eigenvalue weighted by atomic mass is 35.5. The molecule has 152 valence electrons. The number of nitrogens with two attached hydrogens (primary N) is 1. The first kappa shape index (κ1) is 20.0. The maximum Gasteiger partial charge on any atom is 0.416 e. The molecule has 0 saturated carbocycles. The summed E-state index contributed by atoms with van der Waals surface area (Å²) >= 11 is 6.14. The quantitative estimate of drug-likeness (QED) is 0.424. The number of halogens is 4. The summed E-state index contributed by atoms with van der Waals surface area (Å²) in [7, 11) is 0. The van der Waals surface area contributed by atoms with Crippen LogP contribution in [0.1, 0.15) is 11.1 Å². The Morgan fingerprint density at radius 3 is 2.53 bits per heavy atom. The van der Waals surface area contributed by atoms with Gasteiger partial charge in [-0.3, -0.25) is 0 Å². The first-order valence-corrected chi connectivity index (χ1v) is 9.30. The van der Waals surface area contributed by atoms with Gasteiger partial charge in [0.05, 0.1) is 16.8 Å². The van der Waals surface area contributed by atoms with Crippen molar-refractivity contribution in [3.05, 3.63) is 82.9 Å². The molecular formula is C22H15ClF3N3O. The number of fused-ring (bicyclic) bond motifs is 1. The minimum absolute atomic E-state index is 0.0415. The molecule has 2 N–H and O–H groups in total. The zero-order chi connectivity index (χ0) is 21.3. The Kier molecular flexibility index (Phi) is 5.22. The van der Waals surface area contributed by atoms with Crippen molar-refractivity contribution in [2.24, 2.45) is 0 Å². The van der Waals surface area contributed by atoms with Crippen LogP contribution in [0, 0.1) is 0 Å². The Labute approximate surface area is 175 Å². The lowest BCUT2D eigenvalue weighted by Gasteiger charge is -2.14. The van der Waals surface area contributed by atoms with Gasteiger partial charge in [0.2, 0.25) is 5.95 Å². The van der Waals surface area contributed by atoms with Crippen molar-refractivity contribution in [3.8, 4) is 17.0 Å². The smallest absolute Gasteiger partial charge is 0.416 e. The van der Waals surface area contributed by atoms with Crippen LogP contribution < -0.4 is 10.5 Å². The number of nitrogen functional groups attached to an aromatic ring is 1. The van der Waals surface area contributed by atoms with Crippen molar-refractivity contribution >= 4 is 28.5 Å². The fourth-order valence-corrected chi connectivity index (χ4v) is 3.28. The van der Waals surface area contributed by atoms with E-state index in [2.05, 4.69) is 9.97 Å². The molecule has 0 unspecified atom stereocenters. The van der Waals surface area contributed by atoms with Crippen molar-refractivity contribution in [1.29, 1.82) is 0 Å². The fraction of sp³-hybridized carbons (Fsp3) is 0.0909. The molecule has 1 heterocycles. The molecule has 0 aliphatic rings. The van der Waals surface area contributed by atoms with Gasteiger partial charge in [0, 0.05) is 16.0 Å². The summed E-state index contributed by atoms with van der Waals surface area (Å²) in [5, 5.41) is 1.20. The van der Waals surface area contributed by atoms with Gasteiger partial charge in [-0.1, -0.05) is 35.9 Å². The van der Waals surface area contributed by atoms with Crippen molar-refractivity contribution in [3.63, 3.8) is 0 Å². The van der Waals surface area contributed by atoms with Gasteiger partial charge in [0.25, 0.3) is 0 Å². The third-order valence-electron chi connectivity index (χ3n) is 4.47. The fourth-order valence-electron chi connectivity index (χ4n) is 3.11. The Balaban J connectivity index is 1.71. The molecular weight excluding hydrogens is 415 g/mol. The number of rotatable bonds is 4. The van der Waals surface area contributed by atoms with Crippen LogP contribution in [0.5, 0.6) is 5.75 Å². The average Bonchev–Trinajstić information content (AvgIpc) is 2.72. The van der Waals surface area contributed by atoms with E-state index >= 15 is 0 Å². The first-order chi connectivity index (χ1) is 14.3. The number of hydrogen-bond acceptors (Lipinski definition) is 4. The summed E-state index contributed by atoms with van der Waals surface area (Å²) in [6.07, 6.45) is -4.41. The SMILES string of the molecule is Nc1nc(-c2ccccc2OCc2cccc(C(F)(F)F)c2)c2cc(Cl)ccc2n1. The summed E-state index contributed by atoms with van der Waals surface area (Å²) in [5.74, 6) is 0.543. The molecule has 0 saturated heterocycles. The normalized spacial score (nSPS) is 11.6. The van der Waals surface area contributed by atoms with Crippen LogP contribution in [0.3, 0.4) is 0 Å². The lowest BCUT2D eigenvalue weighted by atomic mass is 10.1. The maximum absolute atomic E-state index is 13.0. The highest BCUT2D eigenvalue weighted by Gasteiger charge is 2.30. The van der Waals surface area contributed by atoms with Crippen molar-refractivity contribution in [1.82, 2.24) is 9.97 Å². The molecule has 0 aliphatic heterocycles. The van der Waals surface area contributed by atoms with E-state index in [-0.39, 0.29) is 12.6 Å². The molecule has 0 amide bonds. The van der Waals surface area contributed by atoms with E-state index in [1.54, 1.807) is 48.5 Å². The van der Waals surface area contributed by atoms with Crippen LogP contribution >= 0.6 is 11.6 Å². The van der Waals surface area contributed by atoms with Gasteiger partial charge in [-0.05, 0) is 48.0 Å². The van der Waals surface area contributed by atoms with E-state index in [9.17, 15) is 13.2 Å². The lowest BCUT2D eigenvalue weighted by molar-refractivity contribution is -0.137. The van der Waals surface area contributed by atoms with E-state index in [4.69, 9.17) is 22.1 Å². The highest BCUT2D eigenvalue weighted by Crippen LogP contribution is 2.35. The standard InChI is InChI=1S/C22H15ClF3N3O/c23-15-8-9-18-17(11-15)20(29-21(27)28-18)16-6-1-2-7-19(16)30-12-13-4-3-5-14(10-13)22(24,25)26/h1-11H,12H2,(H2,27,28,29). The zero-order valence-corrected chi connectivity index (χ0v) is 16.2. The van der Waals surface area contributed by atoms with Gasteiger partial charge in [0.1, 0.15) is 12.4 Å². The van der Waals surface area contributed by atoms with Crippen LogP contribution in [-0.4, -0.2) is 9.97 Å². The molecule has 1 aromatic heterocycles. The number of para-hydroxylation sites is 1. The predicted octanol–water partition coefficient (Wildman–Crippen LogP) is 6.13. The number of anilines is 1. The zero-order valence-electron chi connectivity index (χ0n) is 15.4. The Bertz CT molecular complexity index is 1230. The molecule has 30 heavy (non-hydrogen) atoms. The number of aromatic nitrogens is 2. The van der Waals surface area contributed by atoms with E-state index in [1.165, 1.54) is 6.07 Å². The van der Waals surface area contributed by atoms with Crippen LogP contribution in [0.15, 0.2) is 66.7 Å². The van der Waals surface area contributed by atoms with Crippen LogP contribution in [0.4, 0.5) is 19.1 Å². The number of nitrogens with zero attached hydrogens (tertiary/aromatic N) is 2. The van der Waals surface area contributed by atoms with Crippen LogP contribution in [-0.2, 0) is 12.8 Å². The van der Waals surface area contributed by atoms with Crippen LogP contribution in [0.25, 0.3) is 22.2 Å². The molecule has 8 heteroatoms. The van der Waals surface area contributed by atoms with Crippen molar-refractivity contribution < 1.29 is 17.9 Å². The highest BCUT2D eigenvalue weighted by molar-refractivity contribution is 6.31. The number of ether oxygens (including phenoxy) is 1. The summed E-state index contributed by atoms with van der Waals surface area (Å²) in [6.45, 7) is -0.0415. The second kappa shape index (κ2) is 7.84. The van der Waals surface area contributed by atoms with Gasteiger partial charge in [-0.2, -0.15) is 13.2 Å². The van der Waals surface area contributed by atoms with Gasteiger partial charge in [-0.25, -0.2) is 9.97 Å². The molecule has 0 radical (unpaired) electrons. The van der Waals surface area contributed by atoms with Gasteiger partial charge in [0.15, 0.2) is 0 Å². The molecule has 3 aromatic carbocycles. The minimum Gasteiger partial charge on any atom is -0.488 e. The maximum atomic E-state index is 13.0. The molecule has 0 atom stereocenters. The molecule has 0 bridgehead atoms. The van der Waals surface area contributed by atoms with E-state index < -0.39 is 11.7 Å². The number of alkyl halides is 3. The average molecular weight is 430 g/mol. The summed E-state index contributed by atoms with van der Waals surface area (Å²) in [5.41, 5.74) is 7.32. The summed E-state index contributed by atoms with van der Waals surface area (Å²) in [6, 6.07) is 17.3. The lowest BCUT2D eigenvalue weighted by Crippen LogP contribution is -2.06. The predicted molar refractivity (Wildman–Crippen MR) is 110 cm³/mol. The number of hydrogen-bond donors (Lipinski definition) is 1. The number of benzene rings is 3. The largest absolute Gasteiger partial charge is 0.488 e. The third-order valence-corrected chi connectivity index (χ3v) is 4.70. The van der Waals surface area contributed by atoms with Crippen LogP contribution in [0.2, 0.25) is 5.02 Å². The second-order valence-corrected chi connectivity index (χ2v) is 7.01. The molecule has 0 fully saturated rings. The Hall–Kier alpha value is -3.32. The van der Waals surface area contributed by atoms with Gasteiger partial charge >= 0.3 is 6.18 Å². The topological polar surface area (TPSA) is 61.0 Å². The minimum atomic E-state index is -4.41. The Morgan fingerprint density at radius 2 is 1.73 bits per heavy atom. The molecule has 0 spiro atoms. The molecule has 0 aliphatic carbocycles. The first-order valence-electron chi connectivity index (χ1n) is 8.92. The summed E-state index contributed by atoms with van der Waals surface area (Å²) in [4.78, 5) is 8.57. The molecule has 4 rings (SSSR count). The third kappa shape index (κ3) is 4.16. The molecule has 4 nitrogen and oxygen atoms in total. The Morgan fingerprint density at radius 1 is 0.933 bits per heavy atom. The monoisotopic (exact) mass is 429 g/mol. The van der Waals surface area contributed by atoms with Gasteiger partial charge < -0.3 is 10.5 Å². The van der Waals surface area contributed by atoms with E-state index in [0.29, 0.717) is 38.5 Å².